The molecular weight excluding hydrogens is 232 g/mol. The van der Waals surface area contributed by atoms with Gasteiger partial charge in [-0.1, -0.05) is 6.42 Å². The van der Waals surface area contributed by atoms with Gasteiger partial charge in [0.05, 0.1) is 12.0 Å². The lowest BCUT2D eigenvalue weighted by atomic mass is 9.93. The Bertz CT molecular complexity index is 345. The second kappa shape index (κ2) is 5.26. The highest BCUT2D eigenvalue weighted by molar-refractivity contribution is 5.83. The van der Waals surface area contributed by atoms with Crippen LogP contribution in [0.15, 0.2) is 0 Å². The zero-order chi connectivity index (χ0) is 13.3. The van der Waals surface area contributed by atoms with Crippen LogP contribution < -0.4 is 10.6 Å². The Hall–Kier alpha value is -1.10. The third-order valence-corrected chi connectivity index (χ3v) is 4.54. The third kappa shape index (κ3) is 2.51. The molecule has 5 nitrogen and oxygen atoms in total. The molecule has 2 rings (SSSR count). The van der Waals surface area contributed by atoms with Gasteiger partial charge >= 0.3 is 5.97 Å². The molecule has 0 spiro atoms. The molecule has 1 aliphatic heterocycles. The summed E-state index contributed by atoms with van der Waals surface area (Å²) >= 11 is 0. The molecule has 1 saturated carbocycles. The molecule has 2 fully saturated rings. The normalized spacial score (nSPS) is 33.8. The van der Waals surface area contributed by atoms with E-state index in [-0.39, 0.29) is 18.0 Å². The molecule has 0 aromatic heterocycles. The van der Waals surface area contributed by atoms with Gasteiger partial charge in [-0.2, -0.15) is 0 Å². The van der Waals surface area contributed by atoms with Gasteiger partial charge in [0.2, 0.25) is 5.91 Å². The van der Waals surface area contributed by atoms with E-state index in [9.17, 15) is 9.59 Å². The summed E-state index contributed by atoms with van der Waals surface area (Å²) in [6, 6.07) is -0.460. The second-order valence-electron chi connectivity index (χ2n) is 5.66. The molecule has 3 N–H and O–H groups in total. The van der Waals surface area contributed by atoms with E-state index >= 15 is 0 Å². The first-order valence-electron chi connectivity index (χ1n) is 6.77. The van der Waals surface area contributed by atoms with E-state index in [0.717, 1.165) is 13.0 Å². The lowest BCUT2D eigenvalue weighted by Gasteiger charge is -2.23. The minimum Gasteiger partial charge on any atom is -0.481 e. The van der Waals surface area contributed by atoms with Gasteiger partial charge < -0.3 is 15.7 Å². The molecule has 102 valence electrons. The fourth-order valence-corrected chi connectivity index (χ4v) is 3.13. The molecule has 0 bridgehead atoms. The van der Waals surface area contributed by atoms with E-state index < -0.39 is 11.9 Å². The van der Waals surface area contributed by atoms with Crippen LogP contribution in [0.3, 0.4) is 0 Å². The summed E-state index contributed by atoms with van der Waals surface area (Å²) < 4.78 is 0. The van der Waals surface area contributed by atoms with Crippen molar-refractivity contribution in [2.45, 2.75) is 45.2 Å². The van der Waals surface area contributed by atoms with Crippen LogP contribution in [0.2, 0.25) is 0 Å². The van der Waals surface area contributed by atoms with Gasteiger partial charge in [0.1, 0.15) is 0 Å². The van der Waals surface area contributed by atoms with Gasteiger partial charge in [-0.25, -0.2) is 0 Å². The van der Waals surface area contributed by atoms with Gasteiger partial charge in [-0.3, -0.25) is 9.59 Å². The smallest absolute Gasteiger partial charge is 0.308 e. The van der Waals surface area contributed by atoms with Gasteiger partial charge in [0.25, 0.3) is 0 Å². The van der Waals surface area contributed by atoms with Crippen LogP contribution in [-0.4, -0.2) is 35.6 Å². The zero-order valence-corrected chi connectivity index (χ0v) is 11.0. The van der Waals surface area contributed by atoms with Crippen LogP contribution in [0.25, 0.3) is 0 Å². The molecule has 1 aliphatic carbocycles. The first kappa shape index (κ1) is 13.3. The Kier molecular flexibility index (Phi) is 3.90. The number of carboxylic acids is 1. The van der Waals surface area contributed by atoms with Crippen molar-refractivity contribution in [3.8, 4) is 0 Å². The van der Waals surface area contributed by atoms with Crippen molar-refractivity contribution in [1.29, 1.82) is 0 Å². The van der Waals surface area contributed by atoms with E-state index in [1.807, 2.05) is 0 Å². The highest BCUT2D eigenvalue weighted by Gasteiger charge is 2.42. The molecule has 5 atom stereocenters. The summed E-state index contributed by atoms with van der Waals surface area (Å²) in [5.74, 6) is -0.397. The molecule has 0 aromatic rings. The van der Waals surface area contributed by atoms with Crippen molar-refractivity contribution in [3.63, 3.8) is 0 Å². The Labute approximate surface area is 107 Å². The molecule has 0 radical (unpaired) electrons. The predicted molar refractivity (Wildman–Crippen MR) is 67.0 cm³/mol. The Morgan fingerprint density at radius 3 is 2.72 bits per heavy atom. The Morgan fingerprint density at radius 2 is 2.06 bits per heavy atom. The molecule has 5 heteroatoms. The van der Waals surface area contributed by atoms with Gasteiger partial charge in [-0.15, -0.1) is 0 Å². The van der Waals surface area contributed by atoms with Gasteiger partial charge in [0, 0.05) is 6.04 Å². The van der Waals surface area contributed by atoms with Crippen LogP contribution in [0.5, 0.6) is 0 Å². The number of carbonyl (C=O) groups is 2. The third-order valence-electron chi connectivity index (χ3n) is 4.54. The largest absolute Gasteiger partial charge is 0.481 e. The van der Waals surface area contributed by atoms with Crippen molar-refractivity contribution < 1.29 is 14.7 Å². The van der Waals surface area contributed by atoms with E-state index in [2.05, 4.69) is 10.6 Å². The first-order valence-corrected chi connectivity index (χ1v) is 6.77. The SMILES string of the molecule is CC(NC(=O)C1NCC2CCCC21)C(C)C(=O)O. The molecule has 1 saturated heterocycles. The Morgan fingerprint density at radius 1 is 1.33 bits per heavy atom. The lowest BCUT2D eigenvalue weighted by molar-refractivity contribution is -0.142. The maximum Gasteiger partial charge on any atom is 0.308 e. The van der Waals surface area contributed by atoms with Crippen molar-refractivity contribution in [2.24, 2.45) is 17.8 Å². The topological polar surface area (TPSA) is 78.4 Å². The standard InChI is InChI=1S/C13H22N2O3/c1-7(13(17)18)8(2)15-12(16)11-10-5-3-4-9(10)6-14-11/h7-11,14H,3-6H2,1-2H3,(H,15,16)(H,17,18). The maximum atomic E-state index is 12.2. The predicted octanol–water partition coefficient (Wildman–Crippen LogP) is 0.600. The number of carboxylic acid groups (broad SMARTS) is 1. The molecule has 5 unspecified atom stereocenters. The lowest BCUT2D eigenvalue weighted by Crippen LogP contribution is -2.49. The fourth-order valence-electron chi connectivity index (χ4n) is 3.13. The van der Waals surface area contributed by atoms with E-state index in [4.69, 9.17) is 5.11 Å². The zero-order valence-electron chi connectivity index (χ0n) is 11.0. The molecule has 2 aliphatic rings. The average Bonchev–Trinajstić information content (AvgIpc) is 2.88. The summed E-state index contributed by atoms with van der Waals surface area (Å²) in [6.07, 6.45) is 3.53. The molecular formula is C13H22N2O3. The molecule has 0 aromatic carbocycles. The van der Waals surface area contributed by atoms with E-state index in [1.54, 1.807) is 13.8 Å². The number of carbonyl (C=O) groups excluding carboxylic acids is 1. The fraction of sp³-hybridized carbons (Fsp3) is 0.846. The summed E-state index contributed by atoms with van der Waals surface area (Å²) in [5, 5.41) is 15.0. The number of hydrogen-bond donors (Lipinski definition) is 3. The second-order valence-corrected chi connectivity index (χ2v) is 5.66. The minimum absolute atomic E-state index is 0.0370. The van der Waals surface area contributed by atoms with Crippen LogP contribution in [0.1, 0.15) is 33.1 Å². The first-order chi connectivity index (χ1) is 8.50. The van der Waals surface area contributed by atoms with Gasteiger partial charge in [-0.05, 0) is 45.1 Å². The van der Waals surface area contributed by atoms with E-state index in [0.29, 0.717) is 11.8 Å². The number of nitrogens with one attached hydrogen (secondary N) is 2. The highest BCUT2D eigenvalue weighted by Crippen LogP contribution is 2.37. The maximum absolute atomic E-state index is 12.2. The summed E-state index contributed by atoms with van der Waals surface area (Å²) in [6.45, 7) is 4.29. The van der Waals surface area contributed by atoms with Crippen LogP contribution in [0.4, 0.5) is 0 Å². The number of rotatable bonds is 4. The molecule has 1 heterocycles. The van der Waals surface area contributed by atoms with E-state index in [1.165, 1.54) is 12.8 Å². The minimum atomic E-state index is -0.874. The van der Waals surface area contributed by atoms with Crippen LogP contribution in [-0.2, 0) is 9.59 Å². The number of fused-ring (bicyclic) bond motifs is 1. The van der Waals surface area contributed by atoms with Crippen LogP contribution in [0, 0.1) is 17.8 Å². The van der Waals surface area contributed by atoms with Crippen molar-refractivity contribution in [2.75, 3.05) is 6.54 Å². The summed E-state index contributed by atoms with van der Waals surface area (Å²) in [7, 11) is 0. The highest BCUT2D eigenvalue weighted by atomic mass is 16.4. The Balaban J connectivity index is 1.90. The summed E-state index contributed by atoms with van der Waals surface area (Å²) in [5.41, 5.74) is 0. The number of amides is 1. The quantitative estimate of drug-likeness (QED) is 0.686. The van der Waals surface area contributed by atoms with Crippen LogP contribution >= 0.6 is 0 Å². The molecule has 1 amide bonds. The average molecular weight is 254 g/mol. The number of aliphatic carboxylic acids is 1. The van der Waals surface area contributed by atoms with Crippen molar-refractivity contribution in [3.05, 3.63) is 0 Å². The monoisotopic (exact) mass is 254 g/mol. The van der Waals surface area contributed by atoms with Crippen molar-refractivity contribution >= 4 is 11.9 Å². The molecule has 18 heavy (non-hydrogen) atoms. The summed E-state index contributed by atoms with van der Waals surface area (Å²) in [4.78, 5) is 23.0. The van der Waals surface area contributed by atoms with Crippen molar-refractivity contribution in [1.82, 2.24) is 10.6 Å². The number of hydrogen-bond acceptors (Lipinski definition) is 3. The van der Waals surface area contributed by atoms with Gasteiger partial charge in [0.15, 0.2) is 0 Å².